The quantitative estimate of drug-likeness (QED) is 0.522. The summed E-state index contributed by atoms with van der Waals surface area (Å²) < 4.78 is 5.73. The highest BCUT2D eigenvalue weighted by atomic mass is 16.5. The molecule has 1 aromatic heterocycles. The van der Waals surface area contributed by atoms with Crippen molar-refractivity contribution in [1.82, 2.24) is 10.3 Å². The first-order valence-electron chi connectivity index (χ1n) is 7.60. The summed E-state index contributed by atoms with van der Waals surface area (Å²) in [4.78, 5) is 4.52. The van der Waals surface area contributed by atoms with Gasteiger partial charge in [0.15, 0.2) is 0 Å². The molecule has 0 radical (unpaired) electrons. The second-order valence-electron chi connectivity index (χ2n) is 5.46. The molecule has 0 aromatic carbocycles. The van der Waals surface area contributed by atoms with Crippen molar-refractivity contribution in [2.24, 2.45) is 5.92 Å². The molecule has 0 amide bonds. The van der Waals surface area contributed by atoms with Gasteiger partial charge in [0, 0.05) is 18.3 Å². The van der Waals surface area contributed by atoms with E-state index in [1.807, 2.05) is 12.1 Å². The zero-order valence-electron chi connectivity index (χ0n) is 13.1. The van der Waals surface area contributed by atoms with Crippen molar-refractivity contribution in [2.45, 2.75) is 46.6 Å². The van der Waals surface area contributed by atoms with Gasteiger partial charge in [-0.05, 0) is 43.4 Å². The summed E-state index contributed by atoms with van der Waals surface area (Å²) >= 11 is 0. The van der Waals surface area contributed by atoms with Gasteiger partial charge in [-0.3, -0.25) is 0 Å². The Kier molecular flexibility index (Phi) is 7.97. The predicted molar refractivity (Wildman–Crippen MR) is 85.1 cm³/mol. The van der Waals surface area contributed by atoms with Crippen LogP contribution in [0.5, 0.6) is 5.88 Å². The Bertz CT molecular complexity index is 402. The van der Waals surface area contributed by atoms with Crippen molar-refractivity contribution in [2.75, 3.05) is 13.2 Å². The first-order chi connectivity index (χ1) is 9.65. The highest BCUT2D eigenvalue weighted by Gasteiger charge is 2.03. The number of hydrogen-bond donors (Lipinski definition) is 1. The van der Waals surface area contributed by atoms with Crippen LogP contribution in [-0.4, -0.2) is 18.1 Å². The molecule has 0 saturated heterocycles. The van der Waals surface area contributed by atoms with Gasteiger partial charge in [0.2, 0.25) is 5.88 Å². The predicted octanol–water partition coefficient (Wildman–Crippen LogP) is 3.73. The lowest BCUT2D eigenvalue weighted by Gasteiger charge is -2.11. The van der Waals surface area contributed by atoms with Crippen LogP contribution in [0.1, 0.15) is 44.9 Å². The fourth-order valence-electron chi connectivity index (χ4n) is 1.89. The number of unbranched alkanes of at least 4 members (excludes halogenated alkanes) is 1. The van der Waals surface area contributed by atoms with Crippen LogP contribution in [0.3, 0.4) is 0 Å². The Balaban J connectivity index is 2.57. The van der Waals surface area contributed by atoms with Gasteiger partial charge in [0.25, 0.3) is 0 Å². The van der Waals surface area contributed by atoms with E-state index in [0.717, 1.165) is 43.9 Å². The lowest BCUT2D eigenvalue weighted by Crippen LogP contribution is -2.19. The van der Waals surface area contributed by atoms with E-state index in [9.17, 15) is 0 Å². The molecule has 1 aromatic rings. The molecule has 1 rings (SSSR count). The van der Waals surface area contributed by atoms with Crippen molar-refractivity contribution >= 4 is 0 Å². The third-order valence-corrected chi connectivity index (χ3v) is 2.96. The van der Waals surface area contributed by atoms with Crippen molar-refractivity contribution in [3.63, 3.8) is 0 Å². The van der Waals surface area contributed by atoms with Gasteiger partial charge in [-0.2, -0.15) is 0 Å². The molecule has 0 aliphatic heterocycles. The summed E-state index contributed by atoms with van der Waals surface area (Å²) in [6.45, 7) is 12.9. The number of allylic oxidation sites excluding steroid dienone is 1. The fraction of sp³-hybridized carbons (Fsp3) is 0.588. The number of nitrogens with one attached hydrogen (secondary N) is 1. The molecule has 0 bridgehead atoms. The third-order valence-electron chi connectivity index (χ3n) is 2.96. The lowest BCUT2D eigenvalue weighted by molar-refractivity contribution is 0.299. The van der Waals surface area contributed by atoms with Crippen LogP contribution in [0.25, 0.3) is 0 Å². The Labute approximate surface area is 123 Å². The molecule has 0 atom stereocenters. The minimum Gasteiger partial charge on any atom is -0.478 e. The van der Waals surface area contributed by atoms with E-state index in [1.54, 1.807) is 0 Å². The summed E-state index contributed by atoms with van der Waals surface area (Å²) in [6, 6.07) is 4.20. The normalized spacial score (nSPS) is 10.8. The molecule has 0 saturated carbocycles. The van der Waals surface area contributed by atoms with Crippen LogP contribution in [0.2, 0.25) is 0 Å². The topological polar surface area (TPSA) is 34.1 Å². The molecule has 1 N–H and O–H groups in total. The van der Waals surface area contributed by atoms with E-state index in [2.05, 4.69) is 43.7 Å². The number of nitrogens with zero attached hydrogens (tertiary/aromatic N) is 1. The number of aryl methyl sites for hydroxylation is 1. The molecule has 0 aliphatic rings. The van der Waals surface area contributed by atoms with Crippen molar-refractivity contribution < 1.29 is 4.74 Å². The van der Waals surface area contributed by atoms with E-state index in [4.69, 9.17) is 4.74 Å². The van der Waals surface area contributed by atoms with Crippen LogP contribution in [0.4, 0.5) is 0 Å². The number of pyridine rings is 1. The smallest absolute Gasteiger partial charge is 0.213 e. The molecule has 0 unspecified atom stereocenters. The number of hydrogen-bond acceptors (Lipinski definition) is 3. The average Bonchev–Trinajstić information content (AvgIpc) is 2.43. The zero-order valence-corrected chi connectivity index (χ0v) is 13.1. The molecular weight excluding hydrogens is 248 g/mol. The first-order valence-corrected chi connectivity index (χ1v) is 7.60. The summed E-state index contributed by atoms with van der Waals surface area (Å²) in [5.74, 6) is 1.41. The second-order valence-corrected chi connectivity index (χ2v) is 5.46. The summed E-state index contributed by atoms with van der Waals surface area (Å²) in [5, 5.41) is 3.46. The van der Waals surface area contributed by atoms with Gasteiger partial charge in [-0.25, -0.2) is 4.98 Å². The Morgan fingerprint density at radius 2 is 2.20 bits per heavy atom. The maximum Gasteiger partial charge on any atom is 0.213 e. The van der Waals surface area contributed by atoms with Gasteiger partial charge in [0.05, 0.1) is 6.61 Å². The average molecular weight is 276 g/mol. The summed E-state index contributed by atoms with van der Waals surface area (Å²) in [5.41, 5.74) is 2.34. The van der Waals surface area contributed by atoms with Crippen LogP contribution >= 0.6 is 0 Å². The molecule has 3 heteroatoms. The van der Waals surface area contributed by atoms with Crippen LogP contribution in [-0.2, 0) is 13.0 Å². The second kappa shape index (κ2) is 9.54. The summed E-state index contributed by atoms with van der Waals surface area (Å²) in [7, 11) is 0. The third kappa shape index (κ3) is 6.71. The Morgan fingerprint density at radius 3 is 2.85 bits per heavy atom. The molecule has 1 heterocycles. The summed E-state index contributed by atoms with van der Waals surface area (Å²) in [6.07, 6.45) is 4.82. The van der Waals surface area contributed by atoms with Gasteiger partial charge >= 0.3 is 0 Å². The van der Waals surface area contributed by atoms with Gasteiger partial charge in [0.1, 0.15) is 0 Å². The van der Waals surface area contributed by atoms with E-state index in [-0.39, 0.29) is 0 Å². The van der Waals surface area contributed by atoms with Crippen molar-refractivity contribution in [3.8, 4) is 5.88 Å². The Hall–Kier alpha value is -1.35. The molecule has 0 fully saturated rings. The minimum atomic E-state index is 0.664. The highest BCUT2D eigenvalue weighted by molar-refractivity contribution is 5.25. The van der Waals surface area contributed by atoms with Crippen LogP contribution < -0.4 is 10.1 Å². The minimum absolute atomic E-state index is 0.664. The molecule has 3 nitrogen and oxygen atoms in total. The van der Waals surface area contributed by atoms with Gasteiger partial charge < -0.3 is 10.1 Å². The van der Waals surface area contributed by atoms with Crippen LogP contribution in [0.15, 0.2) is 24.8 Å². The molecule has 0 spiro atoms. The number of rotatable bonds is 10. The standard InChI is InChI=1S/C17H28N2O/c1-5-7-8-9-20-17-11-15(10-16(6-2)19-17)13-18-12-14(3)4/h5,10-11,14,18H,1,6-9,12-13H2,2-4H3. The Morgan fingerprint density at radius 1 is 1.40 bits per heavy atom. The van der Waals surface area contributed by atoms with Crippen LogP contribution in [0, 0.1) is 5.92 Å². The number of ether oxygens (including phenoxy) is 1. The SMILES string of the molecule is C=CCCCOc1cc(CNCC(C)C)cc(CC)n1. The van der Waals surface area contributed by atoms with E-state index >= 15 is 0 Å². The molecule has 112 valence electrons. The molecular formula is C17H28N2O. The van der Waals surface area contributed by atoms with E-state index in [0.29, 0.717) is 12.5 Å². The van der Waals surface area contributed by atoms with Gasteiger partial charge in [-0.15, -0.1) is 6.58 Å². The highest BCUT2D eigenvalue weighted by Crippen LogP contribution is 2.14. The maximum absolute atomic E-state index is 5.73. The van der Waals surface area contributed by atoms with E-state index < -0.39 is 0 Å². The largest absolute Gasteiger partial charge is 0.478 e. The van der Waals surface area contributed by atoms with Gasteiger partial charge in [-0.1, -0.05) is 26.8 Å². The van der Waals surface area contributed by atoms with Crippen molar-refractivity contribution in [1.29, 1.82) is 0 Å². The monoisotopic (exact) mass is 276 g/mol. The fourth-order valence-corrected chi connectivity index (χ4v) is 1.89. The molecule has 20 heavy (non-hydrogen) atoms. The van der Waals surface area contributed by atoms with Crippen molar-refractivity contribution in [3.05, 3.63) is 36.0 Å². The first kappa shape index (κ1) is 16.7. The number of aromatic nitrogens is 1. The zero-order chi connectivity index (χ0) is 14.8. The maximum atomic E-state index is 5.73. The lowest BCUT2D eigenvalue weighted by atomic mass is 10.2. The molecule has 0 aliphatic carbocycles. The van der Waals surface area contributed by atoms with E-state index in [1.165, 1.54) is 5.56 Å².